The molecule has 0 aromatic heterocycles. The second-order valence-corrected chi connectivity index (χ2v) is 5.49. The quantitative estimate of drug-likeness (QED) is 0.671. The van der Waals surface area contributed by atoms with Gasteiger partial charge in [-0.05, 0) is 37.1 Å². The van der Waals surface area contributed by atoms with Crippen molar-refractivity contribution in [2.45, 2.75) is 19.9 Å². The maximum Gasteiger partial charge on any atom is 0.0710 e. The molecule has 1 atom stereocenters. The molecule has 18 heavy (non-hydrogen) atoms. The topological polar surface area (TPSA) is 38.0 Å². The van der Waals surface area contributed by atoms with Crippen molar-refractivity contribution in [3.8, 4) is 0 Å². The van der Waals surface area contributed by atoms with Gasteiger partial charge in [0.15, 0.2) is 0 Å². The molecule has 1 unspecified atom stereocenters. The Hall–Kier alpha value is -1.16. The first-order chi connectivity index (χ1) is 8.60. The molecular weight excluding hydrogens is 288 g/mol. The first-order valence-corrected chi connectivity index (χ1v) is 6.69. The van der Waals surface area contributed by atoms with Gasteiger partial charge in [-0.2, -0.15) is 0 Å². The van der Waals surface area contributed by atoms with E-state index in [1.165, 1.54) is 16.7 Å². The summed E-state index contributed by atoms with van der Waals surface area (Å²) in [4.78, 5) is 0. The van der Waals surface area contributed by atoms with Crippen LogP contribution in [0.5, 0.6) is 0 Å². The molecule has 2 aromatic carbocycles. The third kappa shape index (κ3) is 2.99. The Labute approximate surface area is 116 Å². The zero-order valence-corrected chi connectivity index (χ0v) is 12.2. The van der Waals surface area contributed by atoms with E-state index in [1.807, 2.05) is 12.1 Å². The molecule has 0 bridgehead atoms. The van der Waals surface area contributed by atoms with Gasteiger partial charge in [0.05, 0.1) is 6.04 Å². The van der Waals surface area contributed by atoms with Crippen LogP contribution in [0.4, 0.5) is 0 Å². The van der Waals surface area contributed by atoms with Crippen LogP contribution in [0.25, 0.3) is 0 Å². The Morgan fingerprint density at radius 2 is 1.50 bits per heavy atom. The van der Waals surface area contributed by atoms with E-state index in [4.69, 9.17) is 5.84 Å². The van der Waals surface area contributed by atoms with Gasteiger partial charge < -0.3 is 0 Å². The Bertz CT molecular complexity index is 514. The largest absolute Gasteiger partial charge is 0.271 e. The molecule has 0 aliphatic rings. The molecule has 0 heterocycles. The van der Waals surface area contributed by atoms with Gasteiger partial charge in [0.25, 0.3) is 0 Å². The Morgan fingerprint density at radius 3 is 2.00 bits per heavy atom. The molecule has 0 aliphatic heterocycles. The molecular formula is C15H17BrN2. The predicted octanol–water partition coefficient (Wildman–Crippen LogP) is 3.62. The molecule has 2 nitrogen and oxygen atoms in total. The van der Waals surface area contributed by atoms with E-state index in [1.54, 1.807) is 0 Å². The average molecular weight is 305 g/mol. The lowest BCUT2D eigenvalue weighted by Crippen LogP contribution is -2.28. The minimum atomic E-state index is 0.0247. The normalized spacial score (nSPS) is 12.4. The Kier molecular flexibility index (Phi) is 4.17. The molecule has 0 fully saturated rings. The first kappa shape index (κ1) is 13.3. The summed E-state index contributed by atoms with van der Waals surface area (Å²) in [5.41, 5.74) is 7.75. The summed E-state index contributed by atoms with van der Waals surface area (Å²) < 4.78 is 1.07. The van der Waals surface area contributed by atoms with E-state index >= 15 is 0 Å². The summed E-state index contributed by atoms with van der Waals surface area (Å²) in [6.45, 7) is 4.21. The third-order valence-electron chi connectivity index (χ3n) is 2.95. The smallest absolute Gasteiger partial charge is 0.0710 e. The van der Waals surface area contributed by atoms with Gasteiger partial charge in [0.2, 0.25) is 0 Å². The highest BCUT2D eigenvalue weighted by atomic mass is 79.9. The van der Waals surface area contributed by atoms with E-state index in [0.29, 0.717) is 0 Å². The lowest BCUT2D eigenvalue weighted by Gasteiger charge is -2.18. The fourth-order valence-electron chi connectivity index (χ4n) is 2.22. The maximum atomic E-state index is 5.71. The van der Waals surface area contributed by atoms with Gasteiger partial charge in [-0.3, -0.25) is 5.84 Å². The fourth-order valence-corrected chi connectivity index (χ4v) is 2.48. The van der Waals surface area contributed by atoms with Crippen LogP contribution in [0.1, 0.15) is 28.3 Å². The fraction of sp³-hybridized carbons (Fsp3) is 0.200. The van der Waals surface area contributed by atoms with Crippen LogP contribution in [-0.2, 0) is 0 Å². The highest BCUT2D eigenvalue weighted by molar-refractivity contribution is 9.10. The van der Waals surface area contributed by atoms with Crippen molar-refractivity contribution in [1.29, 1.82) is 0 Å². The molecule has 94 valence electrons. The zero-order chi connectivity index (χ0) is 13.1. The summed E-state index contributed by atoms with van der Waals surface area (Å²) in [7, 11) is 0. The second kappa shape index (κ2) is 5.65. The third-order valence-corrected chi connectivity index (χ3v) is 3.48. The minimum absolute atomic E-state index is 0.0247. The number of benzene rings is 2. The molecule has 0 saturated heterocycles. The van der Waals surface area contributed by atoms with Crippen molar-refractivity contribution in [3.63, 3.8) is 0 Å². The van der Waals surface area contributed by atoms with E-state index < -0.39 is 0 Å². The summed E-state index contributed by atoms with van der Waals surface area (Å²) >= 11 is 3.44. The molecule has 3 N–H and O–H groups in total. The highest BCUT2D eigenvalue weighted by Crippen LogP contribution is 2.24. The first-order valence-electron chi connectivity index (χ1n) is 5.90. The van der Waals surface area contributed by atoms with Gasteiger partial charge in [-0.15, -0.1) is 0 Å². The Morgan fingerprint density at radius 1 is 0.944 bits per heavy atom. The Balaban J connectivity index is 2.41. The molecule has 0 aliphatic carbocycles. The number of hydrazine groups is 1. The number of halogens is 1. The molecule has 0 amide bonds. The van der Waals surface area contributed by atoms with Crippen LogP contribution in [0.15, 0.2) is 46.9 Å². The van der Waals surface area contributed by atoms with Crippen molar-refractivity contribution >= 4 is 15.9 Å². The number of nitrogens with one attached hydrogen (secondary N) is 1. The number of hydrogen-bond donors (Lipinski definition) is 2. The van der Waals surface area contributed by atoms with Crippen LogP contribution in [-0.4, -0.2) is 0 Å². The molecule has 0 saturated carbocycles. The SMILES string of the molecule is Cc1cc(C)cc(C(NN)c2ccc(Br)cc2)c1. The van der Waals surface area contributed by atoms with Crippen LogP contribution < -0.4 is 11.3 Å². The van der Waals surface area contributed by atoms with Crippen molar-refractivity contribution in [1.82, 2.24) is 5.43 Å². The number of rotatable bonds is 3. The molecule has 0 radical (unpaired) electrons. The van der Waals surface area contributed by atoms with Crippen LogP contribution in [0, 0.1) is 13.8 Å². The van der Waals surface area contributed by atoms with E-state index in [-0.39, 0.29) is 6.04 Å². The summed E-state index contributed by atoms with van der Waals surface area (Å²) in [5, 5.41) is 0. The number of nitrogens with two attached hydrogens (primary N) is 1. The number of hydrogen-bond acceptors (Lipinski definition) is 2. The second-order valence-electron chi connectivity index (χ2n) is 4.57. The highest BCUT2D eigenvalue weighted by Gasteiger charge is 2.12. The number of aryl methyl sites for hydroxylation is 2. The monoisotopic (exact) mass is 304 g/mol. The van der Waals surface area contributed by atoms with Gasteiger partial charge in [-0.25, -0.2) is 5.43 Å². The average Bonchev–Trinajstić information content (AvgIpc) is 2.31. The van der Waals surface area contributed by atoms with E-state index in [9.17, 15) is 0 Å². The zero-order valence-electron chi connectivity index (χ0n) is 10.6. The molecule has 0 spiro atoms. The van der Waals surface area contributed by atoms with Gasteiger partial charge >= 0.3 is 0 Å². The lowest BCUT2D eigenvalue weighted by atomic mass is 9.96. The van der Waals surface area contributed by atoms with Gasteiger partial charge in [-0.1, -0.05) is 57.4 Å². The maximum absolute atomic E-state index is 5.71. The summed E-state index contributed by atoms with van der Waals surface area (Å²) in [6.07, 6.45) is 0. The van der Waals surface area contributed by atoms with Crippen LogP contribution >= 0.6 is 15.9 Å². The van der Waals surface area contributed by atoms with E-state index in [0.717, 1.165) is 10.0 Å². The summed E-state index contributed by atoms with van der Waals surface area (Å²) in [5.74, 6) is 5.71. The lowest BCUT2D eigenvalue weighted by molar-refractivity contribution is 0.636. The van der Waals surface area contributed by atoms with Gasteiger partial charge in [0.1, 0.15) is 0 Å². The van der Waals surface area contributed by atoms with Crippen molar-refractivity contribution < 1.29 is 0 Å². The van der Waals surface area contributed by atoms with Crippen LogP contribution in [0.3, 0.4) is 0 Å². The van der Waals surface area contributed by atoms with Gasteiger partial charge in [0, 0.05) is 4.47 Å². The molecule has 2 rings (SSSR count). The molecule has 3 heteroatoms. The predicted molar refractivity (Wildman–Crippen MR) is 79.2 cm³/mol. The van der Waals surface area contributed by atoms with Crippen LogP contribution in [0.2, 0.25) is 0 Å². The van der Waals surface area contributed by atoms with Crippen molar-refractivity contribution in [2.24, 2.45) is 5.84 Å². The van der Waals surface area contributed by atoms with E-state index in [2.05, 4.69) is 65.5 Å². The van der Waals surface area contributed by atoms with Crippen molar-refractivity contribution in [3.05, 3.63) is 69.2 Å². The minimum Gasteiger partial charge on any atom is -0.271 e. The molecule has 2 aromatic rings. The standard InChI is InChI=1S/C15H17BrN2/c1-10-7-11(2)9-13(8-10)15(18-17)12-3-5-14(16)6-4-12/h3-9,15,18H,17H2,1-2H3. The van der Waals surface area contributed by atoms with Crippen molar-refractivity contribution in [2.75, 3.05) is 0 Å². The summed E-state index contributed by atoms with van der Waals surface area (Å²) in [6, 6.07) is 14.7.